The first-order valence-corrected chi connectivity index (χ1v) is 6.77. The van der Waals surface area contributed by atoms with Crippen LogP contribution in [0, 0.1) is 0 Å². The molecule has 10 heteroatoms. The lowest BCUT2D eigenvalue weighted by molar-refractivity contribution is -0.262. The van der Waals surface area contributed by atoms with E-state index in [2.05, 4.69) is 10.1 Å². The first-order valence-electron chi connectivity index (χ1n) is 6.77. The maximum atomic E-state index is 13.1. The third kappa shape index (κ3) is 2.23. The van der Waals surface area contributed by atoms with Gasteiger partial charge in [0.05, 0.1) is 30.2 Å². The highest BCUT2D eigenvalue weighted by Crippen LogP contribution is 2.42. The number of fused-ring (bicyclic) bond motifs is 3. The summed E-state index contributed by atoms with van der Waals surface area (Å²) in [6, 6.07) is 0.588. The average molecular weight is 336 g/mol. The number of aromatic nitrogens is 4. The van der Waals surface area contributed by atoms with E-state index in [-0.39, 0.29) is 17.9 Å². The molecule has 0 aliphatic carbocycles. The zero-order valence-corrected chi connectivity index (χ0v) is 12.1. The van der Waals surface area contributed by atoms with Crippen LogP contribution in [0.5, 0.6) is 0 Å². The molecule has 0 saturated carbocycles. The van der Waals surface area contributed by atoms with Crippen LogP contribution < -0.4 is 0 Å². The van der Waals surface area contributed by atoms with Gasteiger partial charge in [0.15, 0.2) is 5.82 Å². The number of hydrogen-bond donors (Lipinski definition) is 1. The molecule has 0 aromatic carbocycles. The van der Waals surface area contributed by atoms with Gasteiger partial charge in [-0.15, -0.1) is 0 Å². The summed E-state index contributed by atoms with van der Waals surface area (Å²) in [6.45, 7) is 2.33. The molecule has 0 unspecified atom stereocenters. The third-order valence-corrected chi connectivity index (χ3v) is 3.95. The monoisotopic (exact) mass is 336 g/mol. The van der Waals surface area contributed by atoms with Gasteiger partial charge in [-0.25, -0.2) is 13.8 Å². The highest BCUT2D eigenvalue weighted by molar-refractivity contribution is 5.57. The van der Waals surface area contributed by atoms with E-state index in [9.17, 15) is 27.1 Å². The number of aliphatic hydroxyl groups is 1. The second-order valence-electron chi connectivity index (χ2n) is 5.69. The van der Waals surface area contributed by atoms with Crippen molar-refractivity contribution >= 4 is 0 Å². The maximum absolute atomic E-state index is 13.1. The van der Waals surface area contributed by atoms with Gasteiger partial charge in [-0.3, -0.25) is 4.68 Å². The largest absolute Gasteiger partial charge is 0.424 e. The van der Waals surface area contributed by atoms with E-state index in [1.807, 2.05) is 0 Å². The zero-order valence-electron chi connectivity index (χ0n) is 12.1. The first-order chi connectivity index (χ1) is 10.5. The molecular weight excluding hydrogens is 323 g/mol. The molecule has 0 spiro atoms. The summed E-state index contributed by atoms with van der Waals surface area (Å²) in [7, 11) is 0. The van der Waals surface area contributed by atoms with Gasteiger partial charge in [0.1, 0.15) is 5.69 Å². The van der Waals surface area contributed by atoms with Crippen molar-refractivity contribution in [3.05, 3.63) is 23.8 Å². The highest BCUT2D eigenvalue weighted by Gasteiger charge is 2.55. The summed E-state index contributed by atoms with van der Waals surface area (Å²) in [6.07, 6.45) is -6.56. The quantitative estimate of drug-likeness (QED) is 0.858. The van der Waals surface area contributed by atoms with E-state index >= 15 is 0 Å². The van der Waals surface area contributed by atoms with E-state index in [1.54, 1.807) is 6.92 Å². The minimum Gasteiger partial charge on any atom is -0.374 e. The fraction of sp³-hybridized carbons (Fsp3) is 0.538. The van der Waals surface area contributed by atoms with Gasteiger partial charge in [0.2, 0.25) is 5.60 Å². The summed E-state index contributed by atoms with van der Waals surface area (Å²) < 4.78 is 67.4. The lowest BCUT2D eigenvalue weighted by Gasteiger charge is -2.31. The van der Waals surface area contributed by atoms with Crippen LogP contribution in [0.4, 0.5) is 22.0 Å². The van der Waals surface area contributed by atoms with Gasteiger partial charge >= 0.3 is 6.18 Å². The van der Waals surface area contributed by atoms with Crippen molar-refractivity contribution in [3.63, 3.8) is 0 Å². The Balaban J connectivity index is 2.17. The van der Waals surface area contributed by atoms with Gasteiger partial charge < -0.3 is 9.67 Å². The Labute approximate surface area is 127 Å². The topological polar surface area (TPSA) is 55.9 Å². The molecule has 5 nitrogen and oxygen atoms in total. The van der Waals surface area contributed by atoms with Crippen molar-refractivity contribution in [1.82, 2.24) is 19.3 Å². The molecule has 2 aromatic rings. The summed E-state index contributed by atoms with van der Waals surface area (Å²) >= 11 is 0. The summed E-state index contributed by atoms with van der Waals surface area (Å²) in [5, 5.41) is 13.6. The second kappa shape index (κ2) is 4.76. The van der Waals surface area contributed by atoms with Crippen LogP contribution >= 0.6 is 0 Å². The van der Waals surface area contributed by atoms with Crippen LogP contribution in [0.3, 0.4) is 0 Å². The van der Waals surface area contributed by atoms with Crippen LogP contribution in [-0.2, 0) is 12.1 Å². The SMILES string of the molecule is C[C@H]1Cn2nc(C(F)F)cc2-c2cnc([C@@](C)(O)C(F)(F)F)n21. The molecule has 3 heterocycles. The van der Waals surface area contributed by atoms with Crippen molar-refractivity contribution < 1.29 is 27.1 Å². The Morgan fingerprint density at radius 1 is 1.30 bits per heavy atom. The fourth-order valence-corrected chi connectivity index (χ4v) is 2.70. The molecule has 0 amide bonds. The smallest absolute Gasteiger partial charge is 0.374 e. The number of hydrogen-bond acceptors (Lipinski definition) is 3. The van der Waals surface area contributed by atoms with E-state index in [1.165, 1.54) is 9.25 Å². The van der Waals surface area contributed by atoms with Crippen molar-refractivity contribution in [2.45, 2.75) is 44.6 Å². The van der Waals surface area contributed by atoms with E-state index in [4.69, 9.17) is 0 Å². The van der Waals surface area contributed by atoms with Crippen LogP contribution in [-0.4, -0.2) is 30.6 Å². The zero-order chi connectivity index (χ0) is 17.2. The van der Waals surface area contributed by atoms with Crippen LogP contribution in [0.25, 0.3) is 11.4 Å². The Kier molecular flexibility index (Phi) is 3.29. The van der Waals surface area contributed by atoms with Crippen LogP contribution in [0.1, 0.15) is 37.8 Å². The van der Waals surface area contributed by atoms with Gasteiger partial charge in [0, 0.05) is 0 Å². The number of imidazole rings is 1. The molecule has 2 aromatic heterocycles. The van der Waals surface area contributed by atoms with E-state index < -0.39 is 35.8 Å². The van der Waals surface area contributed by atoms with Crippen molar-refractivity contribution in [3.8, 4) is 11.4 Å². The number of halogens is 5. The maximum Gasteiger partial charge on any atom is 0.424 e. The molecule has 126 valence electrons. The van der Waals surface area contributed by atoms with Crippen LogP contribution in [0.2, 0.25) is 0 Å². The Hall–Kier alpha value is -1.97. The highest BCUT2D eigenvalue weighted by atomic mass is 19.4. The molecule has 0 saturated heterocycles. The second-order valence-corrected chi connectivity index (χ2v) is 5.69. The Morgan fingerprint density at radius 3 is 2.52 bits per heavy atom. The predicted octanol–water partition coefficient (Wildman–Crippen LogP) is 3.03. The normalized spacial score (nSPS) is 20.3. The first kappa shape index (κ1) is 15.9. The summed E-state index contributed by atoms with van der Waals surface area (Å²) in [5.74, 6) is -0.571. The molecule has 1 aliphatic heterocycles. The number of alkyl halides is 5. The molecular formula is C13H13F5N4O. The van der Waals surface area contributed by atoms with Gasteiger partial charge in [-0.05, 0) is 19.9 Å². The molecule has 0 radical (unpaired) electrons. The van der Waals surface area contributed by atoms with Gasteiger partial charge in [0.25, 0.3) is 6.43 Å². The number of nitrogens with zero attached hydrogens (tertiary/aromatic N) is 4. The van der Waals surface area contributed by atoms with Crippen molar-refractivity contribution in [2.24, 2.45) is 0 Å². The average Bonchev–Trinajstić information content (AvgIpc) is 3.00. The Morgan fingerprint density at radius 2 is 1.96 bits per heavy atom. The summed E-state index contributed by atoms with van der Waals surface area (Å²) in [4.78, 5) is 3.70. The molecule has 2 atom stereocenters. The Bertz CT molecular complexity index is 746. The van der Waals surface area contributed by atoms with E-state index in [0.29, 0.717) is 6.92 Å². The minimum atomic E-state index is -4.92. The van der Waals surface area contributed by atoms with Gasteiger partial charge in [-0.1, -0.05) is 0 Å². The van der Waals surface area contributed by atoms with E-state index in [0.717, 1.165) is 12.3 Å². The minimum absolute atomic E-state index is 0.104. The fourth-order valence-electron chi connectivity index (χ4n) is 2.70. The predicted molar refractivity (Wildman–Crippen MR) is 68.7 cm³/mol. The molecule has 3 rings (SSSR count). The van der Waals surface area contributed by atoms with Crippen molar-refractivity contribution in [1.29, 1.82) is 0 Å². The lowest BCUT2D eigenvalue weighted by Crippen LogP contribution is -2.42. The summed E-state index contributed by atoms with van der Waals surface area (Å²) in [5.41, 5.74) is -3.14. The van der Waals surface area contributed by atoms with Crippen LogP contribution in [0.15, 0.2) is 12.3 Å². The van der Waals surface area contributed by atoms with Crippen molar-refractivity contribution in [2.75, 3.05) is 0 Å². The molecule has 0 bridgehead atoms. The third-order valence-electron chi connectivity index (χ3n) is 3.95. The molecule has 1 N–H and O–H groups in total. The lowest BCUT2D eigenvalue weighted by atomic mass is 10.0. The van der Waals surface area contributed by atoms with Gasteiger partial charge in [-0.2, -0.15) is 18.3 Å². The molecule has 0 fully saturated rings. The molecule has 23 heavy (non-hydrogen) atoms. The standard InChI is InChI=1S/C13H13F5N4O/c1-6-5-21-8(3-7(20-21)10(14)15)9-4-19-11(22(6)9)12(2,23)13(16,17)18/h3-4,6,10,23H,5H2,1-2H3/t6-,12+/m0/s1. The number of rotatable bonds is 2. The molecule has 1 aliphatic rings.